The molecule has 0 aliphatic rings. The summed E-state index contributed by atoms with van der Waals surface area (Å²) >= 11 is 0. The summed E-state index contributed by atoms with van der Waals surface area (Å²) in [5.41, 5.74) is 0. The van der Waals surface area contributed by atoms with Crippen molar-refractivity contribution in [2.24, 2.45) is 0 Å². The first kappa shape index (κ1) is 37.4. The quantitative estimate of drug-likeness (QED) is 0.261. The Morgan fingerprint density at radius 3 is 1.43 bits per heavy atom. The predicted octanol–water partition coefficient (Wildman–Crippen LogP) is -8.36. The van der Waals surface area contributed by atoms with Crippen LogP contribution in [0.1, 0.15) is 0 Å². The van der Waals surface area contributed by atoms with Gasteiger partial charge in [-0.05, 0) is 0 Å². The third-order valence-electron chi connectivity index (χ3n) is 0. The van der Waals surface area contributed by atoms with Crippen LogP contribution in [-0.4, -0.2) is 23.1 Å². The minimum Gasteiger partial charge on any atom is -1.00 e. The molecule has 0 aromatic carbocycles. The van der Waals surface area contributed by atoms with E-state index in [1.807, 2.05) is 0 Å². The Morgan fingerprint density at radius 1 is 1.43 bits per heavy atom. The predicted molar refractivity (Wildman–Crippen MR) is 21.3 cm³/mol. The van der Waals surface area contributed by atoms with Crippen molar-refractivity contribution in [2.75, 3.05) is 0 Å². The van der Waals surface area contributed by atoms with Crippen LogP contribution >= 0.6 is 0 Å². The summed E-state index contributed by atoms with van der Waals surface area (Å²) in [4.78, 5) is 0. The maximum absolute atomic E-state index is 3.25. The Labute approximate surface area is 90.0 Å². The van der Waals surface area contributed by atoms with Gasteiger partial charge in [-0.15, -0.1) is 0 Å². The molecule has 0 aliphatic heterocycles. The van der Waals surface area contributed by atoms with Crippen LogP contribution in [0.3, 0.4) is 0 Å². The smallest absolute Gasteiger partial charge is 1.00 e. The van der Waals surface area contributed by atoms with Gasteiger partial charge in [-0.1, -0.05) is 0 Å². The second-order valence-corrected chi connectivity index (χ2v) is 0.289. The van der Waals surface area contributed by atoms with Crippen molar-refractivity contribution >= 4 is 23.1 Å². The molecule has 0 saturated carbocycles. The topological polar surface area (TPSA) is 0 Å². The molecule has 0 fully saturated rings. The van der Waals surface area contributed by atoms with Crippen molar-refractivity contribution in [3.63, 3.8) is 0 Å². The summed E-state index contributed by atoms with van der Waals surface area (Å²) < 4.78 is 0. The van der Waals surface area contributed by atoms with E-state index in [0.717, 1.165) is 0 Å². The Balaban J connectivity index is -0.00000000333. The zero-order valence-corrected chi connectivity index (χ0v) is 8.21. The Kier molecular flexibility index (Phi) is 250. The standard InChI is InChI=1S/C3H5.BrH.ClH.Li.Mg/c1-3-2;;;;/h3H,1-2H2;2*1H;;/q-1;;;+1;+2/p-2. The van der Waals surface area contributed by atoms with Gasteiger partial charge in [0.15, 0.2) is 0 Å². The van der Waals surface area contributed by atoms with Gasteiger partial charge >= 0.3 is 41.9 Å². The van der Waals surface area contributed by atoms with Gasteiger partial charge in [0, 0.05) is 0 Å². The van der Waals surface area contributed by atoms with Gasteiger partial charge in [-0.3, -0.25) is 0 Å². The Morgan fingerprint density at radius 2 is 1.43 bits per heavy atom. The van der Waals surface area contributed by atoms with Gasteiger partial charge in [0.05, 0.1) is 0 Å². The van der Waals surface area contributed by atoms with Crippen LogP contribution in [0.4, 0.5) is 0 Å². The minimum atomic E-state index is 0. The fourth-order valence-electron chi connectivity index (χ4n) is 0. The normalized spacial score (nSPS) is 1.71. The van der Waals surface area contributed by atoms with E-state index >= 15 is 0 Å². The molecule has 0 radical (unpaired) electrons. The summed E-state index contributed by atoms with van der Waals surface area (Å²) in [6.45, 7) is 6.50. The molecule has 0 aromatic rings. The molecule has 4 heteroatoms. The van der Waals surface area contributed by atoms with E-state index in [-0.39, 0.29) is 71.3 Å². The zero-order chi connectivity index (χ0) is 2.71. The Bertz CT molecular complexity index is 22.4. The number of hydrogen-bond acceptors (Lipinski definition) is 0. The molecule has 34 valence electrons. The molecule has 0 heterocycles. The molecule has 0 aliphatic carbocycles. The van der Waals surface area contributed by atoms with E-state index in [4.69, 9.17) is 0 Å². The average Bonchev–Trinajstić information content (AvgIpc) is 0.918. The summed E-state index contributed by atoms with van der Waals surface area (Å²) in [6.07, 6.45) is 1.50. The van der Waals surface area contributed by atoms with Crippen LogP contribution in [-0.2, 0) is 0 Å². The molecule has 0 atom stereocenters. The molecular weight excluding hydrogens is 183 g/mol. The number of rotatable bonds is 0. The van der Waals surface area contributed by atoms with E-state index in [9.17, 15) is 0 Å². The molecule has 0 rings (SSSR count). The number of allylic oxidation sites excluding steroid dienone is 1. The van der Waals surface area contributed by atoms with Gasteiger partial charge in [0.2, 0.25) is 0 Å². The monoisotopic (exact) mass is 186 g/mol. The van der Waals surface area contributed by atoms with Crippen LogP contribution in [0.25, 0.3) is 0 Å². The maximum atomic E-state index is 3.25. The van der Waals surface area contributed by atoms with Crippen LogP contribution < -0.4 is 48.2 Å². The second kappa shape index (κ2) is 46.8. The van der Waals surface area contributed by atoms with Crippen molar-refractivity contribution in [1.29, 1.82) is 0 Å². The first-order valence-corrected chi connectivity index (χ1v) is 0.816. The van der Waals surface area contributed by atoms with Crippen LogP contribution in [0.15, 0.2) is 12.7 Å². The minimum absolute atomic E-state index is 0. The molecule has 7 heavy (non-hydrogen) atoms. The third kappa shape index (κ3) is 84.0. The van der Waals surface area contributed by atoms with Crippen molar-refractivity contribution < 1.29 is 48.2 Å². The van der Waals surface area contributed by atoms with E-state index in [1.54, 1.807) is 0 Å². The van der Waals surface area contributed by atoms with Crippen molar-refractivity contribution in [2.45, 2.75) is 0 Å². The van der Waals surface area contributed by atoms with Gasteiger partial charge in [0.1, 0.15) is 0 Å². The van der Waals surface area contributed by atoms with Crippen molar-refractivity contribution in [3.05, 3.63) is 19.6 Å². The first-order valence-electron chi connectivity index (χ1n) is 0.816. The Hall–Kier alpha value is 1.74. The fourth-order valence-corrected chi connectivity index (χ4v) is 0. The van der Waals surface area contributed by atoms with Gasteiger partial charge in [-0.2, -0.15) is 0 Å². The summed E-state index contributed by atoms with van der Waals surface area (Å²) in [5.74, 6) is 0. The number of halogens is 2. The second-order valence-electron chi connectivity index (χ2n) is 0.289. The molecule has 0 spiro atoms. The molecule has 0 amide bonds. The van der Waals surface area contributed by atoms with Gasteiger partial charge in [-0.25, -0.2) is 19.6 Å². The fraction of sp³-hybridized carbons (Fsp3) is 0. The molecule has 0 saturated heterocycles. The van der Waals surface area contributed by atoms with Crippen LogP contribution in [0.5, 0.6) is 0 Å². The number of hydrogen-bond donors (Lipinski definition) is 0. The van der Waals surface area contributed by atoms with E-state index < -0.39 is 0 Å². The maximum Gasteiger partial charge on any atom is 2.00 e. The molecule has 0 nitrogen and oxygen atoms in total. The first-order chi connectivity index (χ1) is 1.41. The summed E-state index contributed by atoms with van der Waals surface area (Å²) in [6, 6.07) is 0. The van der Waals surface area contributed by atoms with E-state index in [1.165, 1.54) is 6.08 Å². The third-order valence-corrected chi connectivity index (χ3v) is 0. The van der Waals surface area contributed by atoms with Crippen molar-refractivity contribution in [3.8, 4) is 0 Å². The van der Waals surface area contributed by atoms with E-state index in [2.05, 4.69) is 13.5 Å². The van der Waals surface area contributed by atoms with Crippen molar-refractivity contribution in [1.82, 2.24) is 0 Å². The largest absolute Gasteiger partial charge is 2.00 e. The molecule has 0 bridgehead atoms. The van der Waals surface area contributed by atoms with Gasteiger partial charge < -0.3 is 29.4 Å². The molecule has 0 aromatic heterocycles. The van der Waals surface area contributed by atoms with Crippen LogP contribution in [0, 0.1) is 6.92 Å². The zero-order valence-electron chi connectivity index (χ0n) is 4.45. The SMILES string of the molecule is C=C[CH2-].[Br-].[Cl-].[Li+].[Mg+2]. The average molecular weight is 188 g/mol. The van der Waals surface area contributed by atoms with Crippen LogP contribution in [0.2, 0.25) is 0 Å². The van der Waals surface area contributed by atoms with E-state index in [0.29, 0.717) is 0 Å². The summed E-state index contributed by atoms with van der Waals surface area (Å²) in [7, 11) is 0. The molecule has 0 unspecified atom stereocenters. The molecule has 0 N–H and O–H groups in total. The molecular formula is C3H5BrClLiMg. The van der Waals surface area contributed by atoms with Gasteiger partial charge in [0.25, 0.3) is 0 Å². The summed E-state index contributed by atoms with van der Waals surface area (Å²) in [5, 5.41) is 0.